The molecule has 0 spiro atoms. The zero-order chi connectivity index (χ0) is 24.9. The number of fused-ring (bicyclic) bond motifs is 2. The molecule has 1 aromatic carbocycles. The average molecular weight is 485 g/mol. The molecule has 0 aliphatic carbocycles. The van der Waals surface area contributed by atoms with Gasteiger partial charge in [-0.2, -0.15) is 10.4 Å². The quantitative estimate of drug-likeness (QED) is 0.337. The predicted molar refractivity (Wildman–Crippen MR) is 135 cm³/mol. The van der Waals surface area contributed by atoms with E-state index in [9.17, 15) is 10.1 Å². The number of aryl methyl sites for hydroxylation is 2. The van der Waals surface area contributed by atoms with Crippen LogP contribution in [0.2, 0.25) is 5.15 Å². The molecule has 0 radical (unpaired) electrons. The summed E-state index contributed by atoms with van der Waals surface area (Å²) in [5, 5.41) is 18.7. The van der Waals surface area contributed by atoms with Crippen LogP contribution in [0.25, 0.3) is 33.3 Å². The standard InChI is InChI=1S/C26H21ClN6O2/c1-13-7-18(15(3)30-20-5-6-22(27)31-21(20)10-28)25-19(8-13)23(34)14(2)24(35-25)16-9-17-12-33(4)32-26(17)29-11-16/h5-9,11-12,15,30H,1-4H3/t15-/m1/s1. The topological polar surface area (TPSA) is 110 Å². The molecular formula is C26H21ClN6O2. The Kier molecular flexibility index (Phi) is 5.50. The van der Waals surface area contributed by atoms with E-state index in [1.165, 1.54) is 0 Å². The van der Waals surface area contributed by atoms with Crippen LogP contribution < -0.4 is 10.7 Å². The number of aromatic nitrogens is 4. The molecule has 5 rings (SSSR count). The summed E-state index contributed by atoms with van der Waals surface area (Å²) in [6.45, 7) is 5.63. The Bertz CT molecular complexity index is 1730. The van der Waals surface area contributed by atoms with Crippen LogP contribution in [-0.4, -0.2) is 19.7 Å². The normalized spacial score (nSPS) is 12.1. The van der Waals surface area contributed by atoms with Gasteiger partial charge in [-0.25, -0.2) is 9.97 Å². The van der Waals surface area contributed by atoms with Crippen molar-refractivity contribution in [3.8, 4) is 17.4 Å². The van der Waals surface area contributed by atoms with E-state index in [1.54, 1.807) is 29.9 Å². The van der Waals surface area contributed by atoms with Gasteiger partial charge in [0.15, 0.2) is 16.8 Å². The Morgan fingerprint density at radius 1 is 1.23 bits per heavy atom. The van der Waals surface area contributed by atoms with E-state index in [1.807, 2.05) is 45.3 Å². The molecule has 0 aliphatic heterocycles. The van der Waals surface area contributed by atoms with E-state index in [2.05, 4.69) is 26.5 Å². The van der Waals surface area contributed by atoms with Crippen molar-refractivity contribution in [1.29, 1.82) is 5.26 Å². The molecule has 174 valence electrons. The van der Waals surface area contributed by atoms with Crippen LogP contribution in [-0.2, 0) is 7.05 Å². The number of halogens is 1. The van der Waals surface area contributed by atoms with Crippen molar-refractivity contribution in [1.82, 2.24) is 19.7 Å². The summed E-state index contributed by atoms with van der Waals surface area (Å²) in [5.74, 6) is 0.462. The van der Waals surface area contributed by atoms with E-state index >= 15 is 0 Å². The molecule has 4 aromatic heterocycles. The maximum absolute atomic E-state index is 13.4. The van der Waals surface area contributed by atoms with E-state index < -0.39 is 0 Å². The third-order valence-corrected chi connectivity index (χ3v) is 6.14. The third-order valence-electron chi connectivity index (χ3n) is 5.93. The van der Waals surface area contributed by atoms with Crippen LogP contribution in [0.3, 0.4) is 0 Å². The molecule has 0 saturated carbocycles. The number of hydrogen-bond donors (Lipinski definition) is 1. The first kappa shape index (κ1) is 22.6. The Hall–Kier alpha value is -4.22. The summed E-state index contributed by atoms with van der Waals surface area (Å²) < 4.78 is 8.12. The lowest BCUT2D eigenvalue weighted by Crippen LogP contribution is -2.13. The smallest absolute Gasteiger partial charge is 0.196 e. The van der Waals surface area contributed by atoms with E-state index in [-0.39, 0.29) is 22.3 Å². The minimum Gasteiger partial charge on any atom is -0.455 e. The number of pyridine rings is 2. The zero-order valence-corrected chi connectivity index (χ0v) is 20.3. The molecule has 0 saturated heterocycles. The molecule has 0 amide bonds. The molecule has 0 unspecified atom stereocenters. The predicted octanol–water partition coefficient (Wildman–Crippen LogP) is 5.45. The van der Waals surface area contributed by atoms with Gasteiger partial charge in [0.05, 0.1) is 17.1 Å². The minimum atomic E-state index is -0.301. The van der Waals surface area contributed by atoms with Gasteiger partial charge in [-0.1, -0.05) is 17.7 Å². The van der Waals surface area contributed by atoms with E-state index in [0.29, 0.717) is 39.2 Å². The number of anilines is 1. The lowest BCUT2D eigenvalue weighted by Gasteiger charge is -2.19. The molecule has 0 fully saturated rings. The number of hydrogen-bond acceptors (Lipinski definition) is 7. The van der Waals surface area contributed by atoms with Gasteiger partial charge in [0, 0.05) is 41.5 Å². The average Bonchev–Trinajstić information content (AvgIpc) is 3.21. The summed E-state index contributed by atoms with van der Waals surface area (Å²) in [6.07, 6.45) is 3.54. The highest BCUT2D eigenvalue weighted by atomic mass is 35.5. The molecule has 0 bridgehead atoms. The second-order valence-corrected chi connectivity index (χ2v) is 8.95. The van der Waals surface area contributed by atoms with Crippen molar-refractivity contribution in [2.45, 2.75) is 26.8 Å². The first-order chi connectivity index (χ1) is 16.7. The zero-order valence-electron chi connectivity index (χ0n) is 19.5. The second kappa shape index (κ2) is 8.53. The molecular weight excluding hydrogens is 464 g/mol. The van der Waals surface area contributed by atoms with Gasteiger partial charge < -0.3 is 9.73 Å². The summed E-state index contributed by atoms with van der Waals surface area (Å²) >= 11 is 5.94. The van der Waals surface area contributed by atoms with E-state index in [0.717, 1.165) is 16.5 Å². The first-order valence-electron chi connectivity index (χ1n) is 11.0. The first-order valence-corrected chi connectivity index (χ1v) is 11.3. The SMILES string of the molecule is Cc1cc([C@@H](C)Nc2ccc(Cl)nc2C#N)c2oc(-c3cnc4nn(C)cc4c3)c(C)c(=O)c2c1. The second-order valence-electron chi connectivity index (χ2n) is 8.56. The van der Waals surface area contributed by atoms with Gasteiger partial charge in [0.25, 0.3) is 0 Å². The molecule has 9 heteroatoms. The van der Waals surface area contributed by atoms with Gasteiger partial charge >= 0.3 is 0 Å². The molecule has 0 aliphatic rings. The van der Waals surface area contributed by atoms with Crippen LogP contribution in [0.15, 0.2) is 51.9 Å². The lowest BCUT2D eigenvalue weighted by atomic mass is 9.99. The monoisotopic (exact) mass is 484 g/mol. The fourth-order valence-corrected chi connectivity index (χ4v) is 4.42. The third kappa shape index (κ3) is 4.00. The van der Waals surface area contributed by atoms with Crippen LogP contribution in [0, 0.1) is 25.2 Å². The van der Waals surface area contributed by atoms with Crippen molar-refractivity contribution < 1.29 is 4.42 Å². The van der Waals surface area contributed by atoms with Crippen molar-refractivity contribution in [2.75, 3.05) is 5.32 Å². The summed E-state index contributed by atoms with van der Waals surface area (Å²) in [4.78, 5) is 21.9. The number of nitrogens with one attached hydrogen (secondary N) is 1. The lowest BCUT2D eigenvalue weighted by molar-refractivity contribution is 0.605. The Balaban J connectivity index is 1.68. The van der Waals surface area contributed by atoms with Crippen LogP contribution >= 0.6 is 11.6 Å². The maximum Gasteiger partial charge on any atom is 0.196 e. The summed E-state index contributed by atoms with van der Waals surface area (Å²) in [6, 6.07) is 10.8. The molecule has 8 nitrogen and oxygen atoms in total. The van der Waals surface area contributed by atoms with Gasteiger partial charge in [-0.15, -0.1) is 0 Å². The number of rotatable bonds is 4. The maximum atomic E-state index is 13.4. The van der Waals surface area contributed by atoms with Crippen molar-refractivity contribution in [3.63, 3.8) is 0 Å². The number of nitriles is 1. The van der Waals surface area contributed by atoms with Gasteiger partial charge in [0.2, 0.25) is 0 Å². The molecule has 5 aromatic rings. The highest BCUT2D eigenvalue weighted by Crippen LogP contribution is 2.33. The van der Waals surface area contributed by atoms with Gasteiger partial charge in [-0.05, 0) is 50.6 Å². The molecule has 1 atom stereocenters. The molecule has 1 N–H and O–H groups in total. The van der Waals surface area contributed by atoms with Crippen molar-refractivity contribution in [2.24, 2.45) is 7.05 Å². The van der Waals surface area contributed by atoms with Crippen LogP contribution in [0.5, 0.6) is 0 Å². The van der Waals surface area contributed by atoms with Crippen molar-refractivity contribution in [3.05, 3.63) is 80.5 Å². The van der Waals surface area contributed by atoms with Crippen LogP contribution in [0.1, 0.15) is 35.3 Å². The number of nitrogens with zero attached hydrogens (tertiary/aromatic N) is 5. The van der Waals surface area contributed by atoms with E-state index in [4.69, 9.17) is 16.0 Å². The van der Waals surface area contributed by atoms with Crippen LogP contribution in [0.4, 0.5) is 5.69 Å². The van der Waals surface area contributed by atoms with Crippen molar-refractivity contribution >= 4 is 39.3 Å². The van der Waals surface area contributed by atoms with Gasteiger partial charge in [0.1, 0.15) is 22.6 Å². The minimum absolute atomic E-state index is 0.101. The summed E-state index contributed by atoms with van der Waals surface area (Å²) in [5.41, 5.74) is 4.65. The highest BCUT2D eigenvalue weighted by Gasteiger charge is 2.20. The van der Waals surface area contributed by atoms with Gasteiger partial charge in [-0.3, -0.25) is 9.48 Å². The molecule has 35 heavy (non-hydrogen) atoms. The summed E-state index contributed by atoms with van der Waals surface area (Å²) in [7, 11) is 1.83. The fourth-order valence-electron chi connectivity index (χ4n) is 4.27. The Labute approximate surface area is 205 Å². The highest BCUT2D eigenvalue weighted by molar-refractivity contribution is 6.29. The Morgan fingerprint density at radius 2 is 2.03 bits per heavy atom. The number of benzene rings is 1. The fraction of sp³-hybridized carbons (Fsp3) is 0.192. The Morgan fingerprint density at radius 3 is 2.80 bits per heavy atom. The largest absolute Gasteiger partial charge is 0.455 e. The molecule has 4 heterocycles.